The fraction of sp³-hybridized carbons (Fsp3) is 0.394. The molecule has 5 heteroatoms. The second-order valence-corrected chi connectivity index (χ2v) is 11.3. The zero-order valence-corrected chi connectivity index (χ0v) is 23.7. The highest BCUT2D eigenvalue weighted by Crippen LogP contribution is 2.28. The van der Waals surface area contributed by atoms with Crippen molar-refractivity contribution in [3.05, 3.63) is 89.2 Å². The molecule has 1 aromatic heterocycles. The number of rotatable bonds is 10. The summed E-state index contributed by atoms with van der Waals surface area (Å²) in [5.41, 5.74) is 6.67. The van der Waals surface area contributed by atoms with Crippen LogP contribution in [0.25, 0.3) is 22.2 Å². The first-order chi connectivity index (χ1) is 18.2. The van der Waals surface area contributed by atoms with Crippen LogP contribution in [0.1, 0.15) is 81.7 Å². The number of aromatic nitrogens is 2. The van der Waals surface area contributed by atoms with Gasteiger partial charge in [-0.15, -0.1) is 0 Å². The molecule has 5 nitrogen and oxygen atoms in total. The number of carbonyl (C=O) groups excluding carboxylic acids is 1. The van der Waals surface area contributed by atoms with Crippen LogP contribution in [0.5, 0.6) is 0 Å². The Hall–Kier alpha value is -3.44. The molecule has 0 aliphatic rings. The van der Waals surface area contributed by atoms with Gasteiger partial charge in [-0.2, -0.15) is 0 Å². The third kappa shape index (κ3) is 6.70. The predicted molar refractivity (Wildman–Crippen MR) is 156 cm³/mol. The molecule has 1 N–H and O–H groups in total. The van der Waals surface area contributed by atoms with Crippen molar-refractivity contribution in [2.24, 2.45) is 0 Å². The minimum absolute atomic E-state index is 0.301. The zero-order chi connectivity index (χ0) is 27.3. The van der Waals surface area contributed by atoms with Gasteiger partial charge in [0.1, 0.15) is 11.4 Å². The molecule has 0 saturated carbocycles. The Morgan fingerprint density at radius 1 is 1.00 bits per heavy atom. The molecule has 38 heavy (non-hydrogen) atoms. The number of para-hydroxylation sites is 1. The Morgan fingerprint density at radius 2 is 1.74 bits per heavy atom. The molecular formula is C33H41N3O2. The standard InChI is InChI=1S/C33H41N3O2/c1-7-8-16-30-35-29-15-11-12-26(21-34-23(2)3)31(29)36(30)22-24-17-19-25(20-18-24)27-13-9-10-14-28(27)32(37)38-33(4,5)6/h9-15,17-20,23,34H,7-8,16,21-22H2,1-6H3. The van der Waals surface area contributed by atoms with Crippen molar-refractivity contribution in [1.29, 1.82) is 0 Å². The number of nitrogens with one attached hydrogen (secondary N) is 1. The van der Waals surface area contributed by atoms with Gasteiger partial charge < -0.3 is 14.6 Å². The summed E-state index contributed by atoms with van der Waals surface area (Å²) < 4.78 is 8.05. The lowest BCUT2D eigenvalue weighted by Gasteiger charge is -2.20. The van der Waals surface area contributed by atoms with E-state index < -0.39 is 5.60 Å². The Morgan fingerprint density at radius 3 is 2.42 bits per heavy atom. The van der Waals surface area contributed by atoms with Crippen LogP contribution in [0, 0.1) is 0 Å². The van der Waals surface area contributed by atoms with Crippen molar-refractivity contribution in [3.8, 4) is 11.1 Å². The first kappa shape index (κ1) is 27.6. The van der Waals surface area contributed by atoms with Gasteiger partial charge in [-0.05, 0) is 61.6 Å². The van der Waals surface area contributed by atoms with E-state index in [-0.39, 0.29) is 5.97 Å². The van der Waals surface area contributed by atoms with Gasteiger partial charge in [0.25, 0.3) is 0 Å². The monoisotopic (exact) mass is 511 g/mol. The first-order valence-electron chi connectivity index (χ1n) is 13.8. The van der Waals surface area contributed by atoms with Crippen molar-refractivity contribution >= 4 is 17.0 Å². The average molecular weight is 512 g/mol. The van der Waals surface area contributed by atoms with E-state index in [2.05, 4.69) is 73.1 Å². The van der Waals surface area contributed by atoms with E-state index in [1.165, 1.54) is 16.6 Å². The number of imidazole rings is 1. The summed E-state index contributed by atoms with van der Waals surface area (Å²) >= 11 is 0. The van der Waals surface area contributed by atoms with Crippen molar-refractivity contribution in [2.75, 3.05) is 0 Å². The number of esters is 1. The topological polar surface area (TPSA) is 56.2 Å². The molecule has 0 saturated heterocycles. The molecule has 0 aliphatic heterocycles. The molecule has 4 rings (SSSR count). The highest BCUT2D eigenvalue weighted by atomic mass is 16.6. The molecule has 0 unspecified atom stereocenters. The van der Waals surface area contributed by atoms with Crippen molar-refractivity contribution in [1.82, 2.24) is 14.9 Å². The Labute approximate surface area is 227 Å². The average Bonchev–Trinajstić information content (AvgIpc) is 3.23. The van der Waals surface area contributed by atoms with E-state index in [1.54, 1.807) is 0 Å². The third-order valence-electron chi connectivity index (χ3n) is 6.54. The lowest BCUT2D eigenvalue weighted by atomic mass is 9.98. The highest BCUT2D eigenvalue weighted by molar-refractivity contribution is 5.97. The maximum Gasteiger partial charge on any atom is 0.339 e. The lowest BCUT2D eigenvalue weighted by molar-refractivity contribution is 0.00704. The molecule has 0 aliphatic carbocycles. The Kier molecular flexibility index (Phi) is 8.68. The van der Waals surface area contributed by atoms with Gasteiger partial charge in [0.05, 0.1) is 16.6 Å². The molecule has 0 spiro atoms. The van der Waals surface area contributed by atoms with Crippen LogP contribution in [0.15, 0.2) is 66.7 Å². The summed E-state index contributed by atoms with van der Waals surface area (Å²) in [6, 6.07) is 23.0. The van der Waals surface area contributed by atoms with Crippen molar-refractivity contribution in [2.45, 2.75) is 85.5 Å². The number of ether oxygens (including phenoxy) is 1. The van der Waals surface area contributed by atoms with Crippen molar-refractivity contribution in [3.63, 3.8) is 0 Å². The minimum Gasteiger partial charge on any atom is -0.456 e. The second kappa shape index (κ2) is 12.0. The molecule has 200 valence electrons. The van der Waals surface area contributed by atoms with Crippen LogP contribution in [-0.2, 0) is 24.2 Å². The van der Waals surface area contributed by atoms with Gasteiger partial charge in [-0.25, -0.2) is 9.78 Å². The fourth-order valence-corrected chi connectivity index (χ4v) is 4.68. The highest BCUT2D eigenvalue weighted by Gasteiger charge is 2.21. The summed E-state index contributed by atoms with van der Waals surface area (Å²) in [7, 11) is 0. The van der Waals surface area contributed by atoms with Gasteiger partial charge in [0.2, 0.25) is 0 Å². The summed E-state index contributed by atoms with van der Waals surface area (Å²) in [6.07, 6.45) is 3.21. The van der Waals surface area contributed by atoms with E-state index in [1.807, 2.05) is 45.0 Å². The SMILES string of the molecule is CCCCc1nc2cccc(CNC(C)C)c2n1Cc1ccc(-c2ccccc2C(=O)OC(C)(C)C)cc1. The van der Waals surface area contributed by atoms with E-state index in [0.717, 1.165) is 54.8 Å². The van der Waals surface area contributed by atoms with Gasteiger partial charge in [-0.1, -0.05) is 81.8 Å². The number of hydrogen-bond acceptors (Lipinski definition) is 4. The van der Waals surface area contributed by atoms with E-state index in [9.17, 15) is 4.79 Å². The summed E-state index contributed by atoms with van der Waals surface area (Å²) in [5.74, 6) is 0.836. The second-order valence-electron chi connectivity index (χ2n) is 11.3. The maximum atomic E-state index is 12.9. The number of unbranched alkanes of at least 4 members (excludes halogenated alkanes) is 1. The Bertz CT molecular complexity index is 1380. The van der Waals surface area contributed by atoms with Crippen LogP contribution >= 0.6 is 0 Å². The van der Waals surface area contributed by atoms with Crippen LogP contribution < -0.4 is 5.32 Å². The van der Waals surface area contributed by atoms with Crippen molar-refractivity contribution < 1.29 is 9.53 Å². The largest absolute Gasteiger partial charge is 0.456 e. The molecule has 4 aromatic rings. The number of fused-ring (bicyclic) bond motifs is 1. The predicted octanol–water partition coefficient (Wildman–Crippen LogP) is 7.55. The number of aryl methyl sites for hydroxylation is 1. The third-order valence-corrected chi connectivity index (χ3v) is 6.54. The number of carbonyl (C=O) groups is 1. The summed E-state index contributed by atoms with van der Waals surface area (Å²) in [6.45, 7) is 13.8. The quantitative estimate of drug-likeness (QED) is 0.223. The fourth-order valence-electron chi connectivity index (χ4n) is 4.68. The maximum absolute atomic E-state index is 12.9. The zero-order valence-electron chi connectivity index (χ0n) is 23.7. The number of hydrogen-bond donors (Lipinski definition) is 1. The van der Waals surface area contributed by atoms with Crippen LogP contribution in [-0.4, -0.2) is 27.2 Å². The van der Waals surface area contributed by atoms with Crippen LogP contribution in [0.4, 0.5) is 0 Å². The van der Waals surface area contributed by atoms with Gasteiger partial charge in [0.15, 0.2) is 0 Å². The van der Waals surface area contributed by atoms with E-state index in [4.69, 9.17) is 9.72 Å². The number of nitrogens with zero attached hydrogens (tertiary/aromatic N) is 2. The first-order valence-corrected chi connectivity index (χ1v) is 13.8. The molecule has 0 amide bonds. The molecule has 1 heterocycles. The molecular weight excluding hydrogens is 470 g/mol. The normalized spacial score (nSPS) is 11.9. The van der Waals surface area contributed by atoms with E-state index >= 15 is 0 Å². The van der Waals surface area contributed by atoms with Gasteiger partial charge in [0, 0.05) is 25.6 Å². The van der Waals surface area contributed by atoms with E-state index in [0.29, 0.717) is 11.6 Å². The molecule has 0 radical (unpaired) electrons. The van der Waals surface area contributed by atoms with Crippen LogP contribution in [0.2, 0.25) is 0 Å². The summed E-state index contributed by atoms with van der Waals surface area (Å²) in [5, 5.41) is 3.57. The molecule has 0 bridgehead atoms. The van der Waals surface area contributed by atoms with Gasteiger partial charge >= 0.3 is 5.97 Å². The molecule has 0 fully saturated rings. The Balaban J connectivity index is 1.66. The molecule has 0 atom stereocenters. The minimum atomic E-state index is -0.541. The number of benzene rings is 3. The van der Waals surface area contributed by atoms with Crippen LogP contribution in [0.3, 0.4) is 0 Å². The lowest BCUT2D eigenvalue weighted by Crippen LogP contribution is -2.24. The smallest absolute Gasteiger partial charge is 0.339 e. The molecule has 3 aromatic carbocycles. The van der Waals surface area contributed by atoms with Gasteiger partial charge in [-0.3, -0.25) is 0 Å². The summed E-state index contributed by atoms with van der Waals surface area (Å²) in [4.78, 5) is 17.9.